The van der Waals surface area contributed by atoms with E-state index in [0.29, 0.717) is 5.89 Å². The van der Waals surface area contributed by atoms with Crippen LogP contribution in [0, 0.1) is 0 Å². The van der Waals surface area contributed by atoms with E-state index in [1.54, 1.807) is 0 Å². The average Bonchev–Trinajstić information content (AvgIpc) is 3.75. The Kier molecular flexibility index (Phi) is 5.54. The number of hydrogen-bond donors (Lipinski definition) is 0. The summed E-state index contributed by atoms with van der Waals surface area (Å²) in [5.41, 5.74) is 7.54. The molecule has 2 heterocycles. The third-order valence-electron chi connectivity index (χ3n) is 9.25. The lowest BCUT2D eigenvalue weighted by Gasteiger charge is -2.26. The zero-order valence-corrected chi connectivity index (χ0v) is 25.2. The van der Waals surface area contributed by atoms with Crippen molar-refractivity contribution in [3.63, 3.8) is 0 Å². The molecule has 10 aromatic rings. The second-order valence-electron chi connectivity index (χ2n) is 12.0. The van der Waals surface area contributed by atoms with Gasteiger partial charge in [0.05, 0.1) is 0 Å². The molecule has 0 aliphatic carbocycles. The molecule has 0 N–H and O–H groups in total. The molecule has 0 aliphatic rings. The molecular weight excluding hydrogens is 576 g/mol. The van der Waals surface area contributed by atoms with Crippen molar-refractivity contribution >= 4 is 82.4 Å². The van der Waals surface area contributed by atoms with Gasteiger partial charge in [-0.3, -0.25) is 0 Å². The summed E-state index contributed by atoms with van der Waals surface area (Å²) in [7, 11) is 0. The summed E-state index contributed by atoms with van der Waals surface area (Å²) < 4.78 is 12.7. The Morgan fingerprint density at radius 2 is 1.00 bits per heavy atom. The van der Waals surface area contributed by atoms with Gasteiger partial charge in [0.1, 0.15) is 16.7 Å². The molecule has 0 saturated heterocycles. The van der Waals surface area contributed by atoms with Crippen LogP contribution in [-0.4, -0.2) is 4.98 Å². The summed E-state index contributed by atoms with van der Waals surface area (Å²) in [6, 6.07) is 55.0. The Labute approximate surface area is 269 Å². The molecule has 0 bridgehead atoms. The fourth-order valence-corrected chi connectivity index (χ4v) is 7.02. The third-order valence-corrected chi connectivity index (χ3v) is 9.25. The van der Waals surface area contributed by atoms with E-state index in [1.165, 1.54) is 21.5 Å². The predicted octanol–water partition coefficient (Wildman–Crippen LogP) is 12.3. The van der Waals surface area contributed by atoms with Gasteiger partial charge in [0.25, 0.3) is 0 Å². The van der Waals surface area contributed by atoms with Crippen molar-refractivity contribution in [3.8, 4) is 11.5 Å². The SMILES string of the molecule is c1ccc2cc(N(c3ccc(-c4nc5c6ccccc6c6ccccc6c5o4)cc3)c3ccc4oc5ccccc5c4c3)ccc2c1. The van der Waals surface area contributed by atoms with Crippen LogP contribution in [0.1, 0.15) is 0 Å². The molecule has 10 rings (SSSR count). The summed E-state index contributed by atoms with van der Waals surface area (Å²) in [4.78, 5) is 7.35. The van der Waals surface area contributed by atoms with Gasteiger partial charge in [-0.2, -0.15) is 0 Å². The number of rotatable bonds is 4. The van der Waals surface area contributed by atoms with E-state index in [0.717, 1.165) is 66.4 Å². The van der Waals surface area contributed by atoms with Crippen LogP contribution in [0.15, 0.2) is 167 Å². The van der Waals surface area contributed by atoms with Crippen LogP contribution in [0.3, 0.4) is 0 Å². The highest BCUT2D eigenvalue weighted by Crippen LogP contribution is 2.41. The lowest BCUT2D eigenvalue weighted by molar-refractivity contribution is 0.623. The fourth-order valence-electron chi connectivity index (χ4n) is 7.02. The monoisotopic (exact) mass is 602 g/mol. The summed E-state index contributed by atoms with van der Waals surface area (Å²) >= 11 is 0. The topological polar surface area (TPSA) is 42.4 Å². The zero-order valence-electron chi connectivity index (χ0n) is 25.2. The van der Waals surface area contributed by atoms with Crippen molar-refractivity contribution in [3.05, 3.63) is 158 Å². The van der Waals surface area contributed by atoms with Crippen molar-refractivity contribution < 1.29 is 8.83 Å². The van der Waals surface area contributed by atoms with Crippen molar-refractivity contribution in [2.45, 2.75) is 0 Å². The van der Waals surface area contributed by atoms with Crippen LogP contribution in [0.5, 0.6) is 0 Å². The standard InChI is InChI=1S/C43H26N2O2/c1-2-10-29-25-31(22-17-27(29)9-1)45(32-23-24-40-38(26-32)35-13-7-8-16-39(35)46-40)30-20-18-28(19-21-30)43-44-41-36-14-5-3-11-33(36)34-12-4-6-15-37(34)42(41)47-43/h1-26H. The van der Waals surface area contributed by atoms with Gasteiger partial charge >= 0.3 is 0 Å². The molecule has 8 aromatic carbocycles. The molecular formula is C43H26N2O2. The Hall–Kier alpha value is -6.39. The molecule has 0 spiro atoms. The van der Waals surface area contributed by atoms with E-state index >= 15 is 0 Å². The van der Waals surface area contributed by atoms with Gasteiger partial charge in [-0.1, -0.05) is 97.1 Å². The maximum atomic E-state index is 6.54. The number of oxazole rings is 1. The van der Waals surface area contributed by atoms with Crippen LogP contribution >= 0.6 is 0 Å². The molecule has 47 heavy (non-hydrogen) atoms. The molecule has 0 fully saturated rings. The summed E-state index contributed by atoms with van der Waals surface area (Å²) in [6.07, 6.45) is 0. The van der Waals surface area contributed by atoms with Gasteiger partial charge in [-0.05, 0) is 82.2 Å². The second-order valence-corrected chi connectivity index (χ2v) is 12.0. The minimum atomic E-state index is 0.608. The van der Waals surface area contributed by atoms with Gasteiger partial charge in [0, 0.05) is 44.2 Å². The van der Waals surface area contributed by atoms with E-state index in [4.69, 9.17) is 13.8 Å². The zero-order chi connectivity index (χ0) is 30.9. The Morgan fingerprint density at radius 3 is 1.83 bits per heavy atom. The van der Waals surface area contributed by atoms with E-state index in [2.05, 4.69) is 150 Å². The fraction of sp³-hybridized carbons (Fsp3) is 0. The van der Waals surface area contributed by atoms with Crippen LogP contribution in [0.4, 0.5) is 17.1 Å². The minimum Gasteiger partial charge on any atom is -0.456 e. The maximum Gasteiger partial charge on any atom is 0.227 e. The van der Waals surface area contributed by atoms with Crippen molar-refractivity contribution in [1.29, 1.82) is 0 Å². The number of nitrogens with zero attached hydrogens (tertiary/aromatic N) is 2. The first-order chi connectivity index (χ1) is 23.3. The number of anilines is 3. The first-order valence-electron chi connectivity index (χ1n) is 15.8. The van der Waals surface area contributed by atoms with Crippen molar-refractivity contribution in [2.75, 3.05) is 4.90 Å². The number of furan rings is 1. The lowest BCUT2D eigenvalue weighted by Crippen LogP contribution is -2.09. The number of aromatic nitrogens is 1. The molecule has 0 radical (unpaired) electrons. The van der Waals surface area contributed by atoms with Crippen LogP contribution < -0.4 is 4.90 Å². The lowest BCUT2D eigenvalue weighted by atomic mass is 10.0. The van der Waals surface area contributed by atoms with Crippen molar-refractivity contribution in [1.82, 2.24) is 4.98 Å². The minimum absolute atomic E-state index is 0.608. The normalized spacial score (nSPS) is 11.8. The van der Waals surface area contributed by atoms with Gasteiger partial charge in [0.15, 0.2) is 5.58 Å². The molecule has 2 aromatic heterocycles. The van der Waals surface area contributed by atoms with Crippen LogP contribution in [-0.2, 0) is 0 Å². The van der Waals surface area contributed by atoms with E-state index in [9.17, 15) is 0 Å². The number of para-hydroxylation sites is 1. The first kappa shape index (κ1) is 25.9. The molecule has 4 heteroatoms. The van der Waals surface area contributed by atoms with E-state index in [-0.39, 0.29) is 0 Å². The summed E-state index contributed by atoms with van der Waals surface area (Å²) in [5, 5.41) is 9.10. The van der Waals surface area contributed by atoms with Crippen LogP contribution in [0.2, 0.25) is 0 Å². The first-order valence-corrected chi connectivity index (χ1v) is 15.8. The Morgan fingerprint density at radius 1 is 0.404 bits per heavy atom. The average molecular weight is 603 g/mol. The van der Waals surface area contributed by atoms with Gasteiger partial charge in [-0.25, -0.2) is 4.98 Å². The molecule has 0 saturated carbocycles. The number of hydrogen-bond acceptors (Lipinski definition) is 4. The Balaban J connectivity index is 1.13. The molecule has 0 aliphatic heterocycles. The molecule has 4 nitrogen and oxygen atoms in total. The van der Waals surface area contributed by atoms with E-state index < -0.39 is 0 Å². The van der Waals surface area contributed by atoms with Gasteiger partial charge < -0.3 is 13.7 Å². The quantitative estimate of drug-likeness (QED) is 0.188. The van der Waals surface area contributed by atoms with E-state index in [1.807, 2.05) is 12.1 Å². The highest BCUT2D eigenvalue weighted by molar-refractivity contribution is 6.22. The number of fused-ring (bicyclic) bond motifs is 10. The van der Waals surface area contributed by atoms with Gasteiger partial charge in [0.2, 0.25) is 5.89 Å². The highest BCUT2D eigenvalue weighted by Gasteiger charge is 2.19. The molecule has 0 amide bonds. The van der Waals surface area contributed by atoms with Crippen molar-refractivity contribution in [2.24, 2.45) is 0 Å². The highest BCUT2D eigenvalue weighted by atomic mass is 16.3. The summed E-state index contributed by atoms with van der Waals surface area (Å²) in [6.45, 7) is 0. The molecule has 0 atom stereocenters. The van der Waals surface area contributed by atoms with Crippen LogP contribution in [0.25, 0.3) is 76.8 Å². The largest absolute Gasteiger partial charge is 0.456 e. The Bertz CT molecular complexity index is 2740. The predicted molar refractivity (Wildman–Crippen MR) is 194 cm³/mol. The summed E-state index contributed by atoms with van der Waals surface area (Å²) in [5.74, 6) is 0.608. The number of benzene rings is 8. The molecule has 220 valence electrons. The smallest absolute Gasteiger partial charge is 0.227 e. The molecule has 0 unspecified atom stereocenters. The second kappa shape index (κ2) is 10.1. The third kappa shape index (κ3) is 4.05. The maximum absolute atomic E-state index is 6.54. The van der Waals surface area contributed by atoms with Gasteiger partial charge in [-0.15, -0.1) is 0 Å².